The summed E-state index contributed by atoms with van der Waals surface area (Å²) in [6, 6.07) is 9.59. The van der Waals surface area contributed by atoms with Crippen LogP contribution >= 0.6 is 0 Å². The molecule has 0 saturated carbocycles. The number of rotatable bonds is 6. The van der Waals surface area contributed by atoms with Crippen molar-refractivity contribution in [2.75, 3.05) is 33.2 Å². The van der Waals surface area contributed by atoms with E-state index in [4.69, 9.17) is 0 Å². The molecule has 1 aromatic heterocycles. The maximum atomic E-state index is 12.8. The summed E-state index contributed by atoms with van der Waals surface area (Å²) < 4.78 is 1.78. The maximum Gasteiger partial charge on any atom is 0.253 e. The van der Waals surface area contributed by atoms with Crippen molar-refractivity contribution in [3.05, 3.63) is 48.3 Å². The van der Waals surface area contributed by atoms with E-state index in [2.05, 4.69) is 24.0 Å². The zero-order chi connectivity index (χ0) is 16.9. The molecule has 5 nitrogen and oxygen atoms in total. The van der Waals surface area contributed by atoms with Crippen molar-refractivity contribution in [1.82, 2.24) is 19.6 Å². The minimum absolute atomic E-state index is 0.129. The Morgan fingerprint density at radius 3 is 3.00 bits per heavy atom. The Balaban J connectivity index is 1.64. The Morgan fingerprint density at radius 2 is 2.25 bits per heavy atom. The predicted octanol–water partition coefficient (Wildman–Crippen LogP) is 2.68. The zero-order valence-corrected chi connectivity index (χ0v) is 14.6. The number of carbonyl (C=O) groups excluding carboxylic acids is 1. The molecule has 1 atom stereocenters. The van der Waals surface area contributed by atoms with Crippen molar-refractivity contribution in [1.29, 1.82) is 0 Å². The summed E-state index contributed by atoms with van der Waals surface area (Å²) >= 11 is 0. The first-order valence-corrected chi connectivity index (χ1v) is 8.75. The molecule has 1 unspecified atom stereocenters. The summed E-state index contributed by atoms with van der Waals surface area (Å²) in [5, 5.41) is 4.23. The van der Waals surface area contributed by atoms with E-state index in [1.165, 1.54) is 6.42 Å². The SMILES string of the molecule is CCCN(C)CC1CCN(C(=O)c2cccc(-n3cccn3)c2)C1. The topological polar surface area (TPSA) is 41.4 Å². The van der Waals surface area contributed by atoms with Gasteiger partial charge < -0.3 is 9.80 Å². The van der Waals surface area contributed by atoms with Gasteiger partial charge in [-0.25, -0.2) is 4.68 Å². The van der Waals surface area contributed by atoms with Crippen LogP contribution in [-0.4, -0.2) is 58.7 Å². The van der Waals surface area contributed by atoms with Gasteiger partial charge in [0.1, 0.15) is 0 Å². The summed E-state index contributed by atoms with van der Waals surface area (Å²) in [4.78, 5) is 17.2. The van der Waals surface area contributed by atoms with Gasteiger partial charge in [0.2, 0.25) is 0 Å². The molecule has 0 aliphatic carbocycles. The first kappa shape index (κ1) is 16.7. The lowest BCUT2D eigenvalue weighted by Gasteiger charge is -2.21. The molecule has 2 aromatic rings. The molecule has 1 aliphatic heterocycles. The lowest BCUT2D eigenvalue weighted by Crippen LogP contribution is -2.32. The van der Waals surface area contributed by atoms with Gasteiger partial charge in [0.05, 0.1) is 5.69 Å². The highest BCUT2D eigenvalue weighted by molar-refractivity contribution is 5.94. The molecule has 3 rings (SSSR count). The van der Waals surface area contributed by atoms with Gasteiger partial charge >= 0.3 is 0 Å². The van der Waals surface area contributed by atoms with Gasteiger partial charge in [-0.15, -0.1) is 0 Å². The zero-order valence-electron chi connectivity index (χ0n) is 14.6. The maximum absolute atomic E-state index is 12.8. The van der Waals surface area contributed by atoms with Crippen molar-refractivity contribution in [3.8, 4) is 5.69 Å². The molecule has 128 valence electrons. The molecule has 0 N–H and O–H groups in total. The average Bonchev–Trinajstić information content (AvgIpc) is 3.26. The number of carbonyl (C=O) groups is 1. The second-order valence-corrected chi connectivity index (χ2v) is 6.67. The molecule has 5 heteroatoms. The lowest BCUT2D eigenvalue weighted by molar-refractivity contribution is 0.0784. The fourth-order valence-corrected chi connectivity index (χ4v) is 3.47. The molecule has 1 aromatic carbocycles. The molecule has 0 radical (unpaired) electrons. The smallest absolute Gasteiger partial charge is 0.253 e. The molecule has 1 saturated heterocycles. The highest BCUT2D eigenvalue weighted by atomic mass is 16.2. The van der Waals surface area contributed by atoms with Crippen LogP contribution in [0.5, 0.6) is 0 Å². The van der Waals surface area contributed by atoms with Gasteiger partial charge in [0.25, 0.3) is 5.91 Å². The van der Waals surface area contributed by atoms with E-state index in [1.807, 2.05) is 41.4 Å². The van der Waals surface area contributed by atoms with Gasteiger partial charge in [0, 0.05) is 37.6 Å². The van der Waals surface area contributed by atoms with Gasteiger partial charge in [-0.2, -0.15) is 5.10 Å². The molecule has 1 fully saturated rings. The fourth-order valence-electron chi connectivity index (χ4n) is 3.47. The van der Waals surface area contributed by atoms with Crippen LogP contribution in [0.4, 0.5) is 0 Å². The van der Waals surface area contributed by atoms with Crippen molar-refractivity contribution >= 4 is 5.91 Å². The summed E-state index contributed by atoms with van der Waals surface area (Å²) in [6.45, 7) is 6.11. The van der Waals surface area contributed by atoms with Gasteiger partial charge in [-0.3, -0.25) is 4.79 Å². The van der Waals surface area contributed by atoms with E-state index in [9.17, 15) is 4.79 Å². The van der Waals surface area contributed by atoms with E-state index in [1.54, 1.807) is 10.9 Å². The molecule has 0 bridgehead atoms. The molecular weight excluding hydrogens is 300 g/mol. The predicted molar refractivity (Wildman–Crippen MR) is 95.4 cm³/mol. The first-order valence-electron chi connectivity index (χ1n) is 8.75. The van der Waals surface area contributed by atoms with Crippen LogP contribution in [0.1, 0.15) is 30.1 Å². The third-order valence-corrected chi connectivity index (χ3v) is 4.61. The third kappa shape index (κ3) is 3.85. The number of amides is 1. The van der Waals surface area contributed by atoms with E-state index >= 15 is 0 Å². The number of hydrogen-bond donors (Lipinski definition) is 0. The Bertz CT molecular complexity index is 668. The third-order valence-electron chi connectivity index (χ3n) is 4.61. The normalized spacial score (nSPS) is 17.6. The van der Waals surface area contributed by atoms with Crippen molar-refractivity contribution in [3.63, 3.8) is 0 Å². The van der Waals surface area contributed by atoms with Crippen molar-refractivity contribution < 1.29 is 4.79 Å². The van der Waals surface area contributed by atoms with Crippen LogP contribution in [0, 0.1) is 5.92 Å². The largest absolute Gasteiger partial charge is 0.338 e. The van der Waals surface area contributed by atoms with Crippen LogP contribution in [0.15, 0.2) is 42.7 Å². The fraction of sp³-hybridized carbons (Fsp3) is 0.474. The lowest BCUT2D eigenvalue weighted by atomic mass is 10.1. The van der Waals surface area contributed by atoms with Crippen molar-refractivity contribution in [2.45, 2.75) is 19.8 Å². The number of benzene rings is 1. The second kappa shape index (κ2) is 7.62. The number of aromatic nitrogens is 2. The Morgan fingerprint density at radius 1 is 1.38 bits per heavy atom. The second-order valence-electron chi connectivity index (χ2n) is 6.67. The van der Waals surface area contributed by atoms with Crippen LogP contribution in [0.25, 0.3) is 5.69 Å². The summed E-state index contributed by atoms with van der Waals surface area (Å²) in [6.07, 6.45) is 5.90. The summed E-state index contributed by atoms with van der Waals surface area (Å²) in [7, 11) is 2.17. The van der Waals surface area contributed by atoms with E-state index < -0.39 is 0 Å². The molecule has 0 spiro atoms. The van der Waals surface area contributed by atoms with Gasteiger partial charge in [-0.1, -0.05) is 13.0 Å². The number of hydrogen-bond acceptors (Lipinski definition) is 3. The average molecular weight is 326 g/mol. The van der Waals surface area contributed by atoms with E-state index in [-0.39, 0.29) is 5.91 Å². The van der Waals surface area contributed by atoms with Crippen LogP contribution in [0.2, 0.25) is 0 Å². The van der Waals surface area contributed by atoms with Crippen LogP contribution < -0.4 is 0 Å². The minimum atomic E-state index is 0.129. The summed E-state index contributed by atoms with van der Waals surface area (Å²) in [5.41, 5.74) is 1.66. The highest BCUT2D eigenvalue weighted by Crippen LogP contribution is 2.20. The molecular formula is C19H26N4O. The Hall–Kier alpha value is -2.14. The van der Waals surface area contributed by atoms with E-state index in [0.717, 1.165) is 43.9 Å². The highest BCUT2D eigenvalue weighted by Gasteiger charge is 2.27. The monoisotopic (exact) mass is 326 g/mol. The van der Waals surface area contributed by atoms with Crippen LogP contribution in [0.3, 0.4) is 0 Å². The molecule has 1 aliphatic rings. The number of likely N-dealkylation sites (tertiary alicyclic amines) is 1. The molecule has 24 heavy (non-hydrogen) atoms. The standard InChI is InChI=1S/C19H26N4O/c1-3-10-21(2)14-16-8-12-22(15-16)19(24)17-6-4-7-18(13-17)23-11-5-9-20-23/h4-7,9,11,13,16H,3,8,10,12,14-15H2,1-2H3. The number of nitrogens with zero attached hydrogens (tertiary/aromatic N) is 4. The van der Waals surface area contributed by atoms with Gasteiger partial charge in [0.15, 0.2) is 0 Å². The first-order chi connectivity index (χ1) is 11.7. The Kier molecular flexibility index (Phi) is 5.30. The van der Waals surface area contributed by atoms with E-state index in [0.29, 0.717) is 5.92 Å². The van der Waals surface area contributed by atoms with Crippen molar-refractivity contribution in [2.24, 2.45) is 5.92 Å². The molecule has 1 amide bonds. The quantitative estimate of drug-likeness (QED) is 0.819. The Labute approximate surface area is 143 Å². The molecule has 2 heterocycles. The van der Waals surface area contributed by atoms with Gasteiger partial charge in [-0.05, 0) is 56.6 Å². The summed E-state index contributed by atoms with van der Waals surface area (Å²) in [5.74, 6) is 0.712. The minimum Gasteiger partial charge on any atom is -0.338 e. The van der Waals surface area contributed by atoms with Crippen LogP contribution in [-0.2, 0) is 0 Å².